The highest BCUT2D eigenvalue weighted by molar-refractivity contribution is 5.77. The van der Waals surface area contributed by atoms with Crippen LogP contribution in [0.15, 0.2) is 24.3 Å². The van der Waals surface area contributed by atoms with Crippen molar-refractivity contribution in [2.24, 2.45) is 0 Å². The molecule has 0 N–H and O–H groups in total. The largest absolute Gasteiger partial charge is 0.497 e. The lowest BCUT2D eigenvalue weighted by molar-refractivity contribution is -0.135. The molecule has 18 heavy (non-hydrogen) atoms. The number of nitrogens with zero attached hydrogens (tertiary/aromatic N) is 1. The molecule has 0 unspecified atom stereocenters. The number of methoxy groups -OCH3 is 2. The molecule has 0 aliphatic heterocycles. The maximum absolute atomic E-state index is 11.7. The number of rotatable bonds is 6. The van der Waals surface area contributed by atoms with Gasteiger partial charge in [-0.25, -0.2) is 0 Å². The normalized spacial score (nSPS) is 12.0. The first-order valence-electron chi connectivity index (χ1n) is 5.96. The van der Waals surface area contributed by atoms with Gasteiger partial charge in [-0.2, -0.15) is 0 Å². The van der Waals surface area contributed by atoms with Crippen LogP contribution in [0.25, 0.3) is 0 Å². The highest BCUT2D eigenvalue weighted by Crippen LogP contribution is 2.14. The van der Waals surface area contributed by atoms with Gasteiger partial charge in [-0.15, -0.1) is 0 Å². The molecule has 4 nitrogen and oxygen atoms in total. The van der Waals surface area contributed by atoms with Crippen LogP contribution in [0, 0.1) is 0 Å². The standard InChI is InChI=1S/C14H21NO3/c1-11(15(2)14(16)10-17-3)9-12-5-7-13(18-4)8-6-12/h5-8,11H,9-10H2,1-4H3/t11-/m0/s1. The fourth-order valence-corrected chi connectivity index (χ4v) is 1.71. The van der Waals surface area contributed by atoms with Gasteiger partial charge in [0.2, 0.25) is 5.91 Å². The Labute approximate surface area is 108 Å². The van der Waals surface area contributed by atoms with Gasteiger partial charge < -0.3 is 14.4 Å². The van der Waals surface area contributed by atoms with Crippen LogP contribution in [-0.4, -0.2) is 44.7 Å². The Morgan fingerprint density at radius 2 is 1.89 bits per heavy atom. The lowest BCUT2D eigenvalue weighted by atomic mass is 10.1. The molecule has 0 aliphatic carbocycles. The minimum atomic E-state index is -0.00138. The fraction of sp³-hybridized carbons (Fsp3) is 0.500. The summed E-state index contributed by atoms with van der Waals surface area (Å²) in [6.07, 6.45) is 0.815. The zero-order valence-corrected chi connectivity index (χ0v) is 11.5. The number of carbonyl (C=O) groups is 1. The summed E-state index contributed by atoms with van der Waals surface area (Å²) in [5.74, 6) is 0.841. The first kappa shape index (κ1) is 14.5. The van der Waals surface area contributed by atoms with Gasteiger partial charge in [-0.05, 0) is 31.0 Å². The van der Waals surface area contributed by atoms with Crippen molar-refractivity contribution in [1.82, 2.24) is 4.90 Å². The van der Waals surface area contributed by atoms with Crippen LogP contribution in [0.3, 0.4) is 0 Å². The molecule has 1 atom stereocenters. The van der Waals surface area contributed by atoms with Crippen molar-refractivity contribution >= 4 is 5.91 Å². The van der Waals surface area contributed by atoms with Crippen molar-refractivity contribution in [3.05, 3.63) is 29.8 Å². The van der Waals surface area contributed by atoms with Crippen LogP contribution in [0.5, 0.6) is 5.75 Å². The van der Waals surface area contributed by atoms with Gasteiger partial charge in [0.15, 0.2) is 0 Å². The molecule has 0 fully saturated rings. The molecule has 1 amide bonds. The number of likely N-dealkylation sites (N-methyl/N-ethyl adjacent to an activating group) is 1. The summed E-state index contributed by atoms with van der Waals surface area (Å²) in [5, 5.41) is 0. The number of carbonyl (C=O) groups excluding carboxylic acids is 1. The third-order valence-corrected chi connectivity index (χ3v) is 3.01. The topological polar surface area (TPSA) is 38.8 Å². The zero-order valence-electron chi connectivity index (χ0n) is 11.5. The van der Waals surface area contributed by atoms with E-state index in [2.05, 4.69) is 0 Å². The second kappa shape index (κ2) is 7.01. The van der Waals surface area contributed by atoms with Gasteiger partial charge >= 0.3 is 0 Å². The molecule has 1 rings (SSSR count). The van der Waals surface area contributed by atoms with E-state index in [0.717, 1.165) is 12.2 Å². The Balaban J connectivity index is 2.57. The number of hydrogen-bond acceptors (Lipinski definition) is 3. The Hall–Kier alpha value is -1.55. The summed E-state index contributed by atoms with van der Waals surface area (Å²) in [6.45, 7) is 2.15. The van der Waals surface area contributed by atoms with E-state index >= 15 is 0 Å². The van der Waals surface area contributed by atoms with Crippen LogP contribution >= 0.6 is 0 Å². The zero-order chi connectivity index (χ0) is 13.5. The van der Waals surface area contributed by atoms with Crippen molar-refractivity contribution < 1.29 is 14.3 Å². The lowest BCUT2D eigenvalue weighted by Crippen LogP contribution is -2.38. The summed E-state index contributed by atoms with van der Waals surface area (Å²) >= 11 is 0. The van der Waals surface area contributed by atoms with Gasteiger partial charge in [-0.3, -0.25) is 4.79 Å². The van der Waals surface area contributed by atoms with Crippen LogP contribution in [0.4, 0.5) is 0 Å². The molecule has 0 aromatic heterocycles. The monoisotopic (exact) mass is 251 g/mol. The summed E-state index contributed by atoms with van der Waals surface area (Å²) in [7, 11) is 4.98. The average molecular weight is 251 g/mol. The molecule has 0 saturated heterocycles. The number of ether oxygens (including phenoxy) is 2. The van der Waals surface area contributed by atoms with E-state index in [9.17, 15) is 4.79 Å². The Kier molecular flexibility index (Phi) is 5.65. The number of amides is 1. The van der Waals surface area contributed by atoms with Gasteiger partial charge in [0.25, 0.3) is 0 Å². The second-order valence-corrected chi connectivity index (χ2v) is 4.34. The van der Waals surface area contributed by atoms with E-state index in [-0.39, 0.29) is 18.6 Å². The van der Waals surface area contributed by atoms with Gasteiger partial charge in [0.1, 0.15) is 12.4 Å². The molecule has 0 radical (unpaired) electrons. The van der Waals surface area contributed by atoms with E-state index in [4.69, 9.17) is 9.47 Å². The minimum absolute atomic E-state index is 0.00138. The van der Waals surface area contributed by atoms with E-state index < -0.39 is 0 Å². The van der Waals surface area contributed by atoms with E-state index in [1.54, 1.807) is 19.1 Å². The second-order valence-electron chi connectivity index (χ2n) is 4.34. The van der Waals surface area contributed by atoms with E-state index in [1.165, 1.54) is 12.7 Å². The van der Waals surface area contributed by atoms with Crippen LogP contribution < -0.4 is 4.74 Å². The molecule has 1 aromatic rings. The quantitative estimate of drug-likeness (QED) is 0.773. The van der Waals surface area contributed by atoms with Crippen molar-refractivity contribution in [3.8, 4) is 5.75 Å². The Morgan fingerprint density at radius 3 is 2.39 bits per heavy atom. The van der Waals surface area contributed by atoms with Gasteiger partial charge in [-0.1, -0.05) is 12.1 Å². The molecular weight excluding hydrogens is 230 g/mol. The molecule has 1 aromatic carbocycles. The Morgan fingerprint density at radius 1 is 1.28 bits per heavy atom. The lowest BCUT2D eigenvalue weighted by Gasteiger charge is -2.24. The van der Waals surface area contributed by atoms with Crippen LogP contribution in [-0.2, 0) is 16.0 Å². The fourth-order valence-electron chi connectivity index (χ4n) is 1.71. The molecule has 0 saturated carbocycles. The third-order valence-electron chi connectivity index (χ3n) is 3.01. The average Bonchev–Trinajstić information content (AvgIpc) is 2.39. The summed E-state index contributed by atoms with van der Waals surface area (Å²) in [4.78, 5) is 13.4. The summed E-state index contributed by atoms with van der Waals surface area (Å²) in [5.41, 5.74) is 1.18. The molecule has 0 aliphatic rings. The maximum Gasteiger partial charge on any atom is 0.248 e. The maximum atomic E-state index is 11.7. The predicted molar refractivity (Wildman–Crippen MR) is 70.8 cm³/mol. The van der Waals surface area contributed by atoms with Crippen LogP contribution in [0.2, 0.25) is 0 Å². The number of hydrogen-bond donors (Lipinski definition) is 0. The van der Waals surface area contributed by atoms with Gasteiger partial charge in [0, 0.05) is 20.2 Å². The predicted octanol–water partition coefficient (Wildman–Crippen LogP) is 1.73. The molecule has 0 heterocycles. The number of benzene rings is 1. The van der Waals surface area contributed by atoms with Gasteiger partial charge in [0.05, 0.1) is 7.11 Å². The molecular formula is C14H21NO3. The van der Waals surface area contributed by atoms with Crippen molar-refractivity contribution in [3.63, 3.8) is 0 Å². The van der Waals surface area contributed by atoms with Crippen molar-refractivity contribution in [1.29, 1.82) is 0 Å². The van der Waals surface area contributed by atoms with Crippen molar-refractivity contribution in [2.45, 2.75) is 19.4 Å². The highest BCUT2D eigenvalue weighted by Gasteiger charge is 2.15. The summed E-state index contributed by atoms with van der Waals surface area (Å²) in [6, 6.07) is 8.03. The first-order chi connectivity index (χ1) is 8.58. The molecule has 100 valence electrons. The van der Waals surface area contributed by atoms with Crippen LogP contribution in [0.1, 0.15) is 12.5 Å². The highest BCUT2D eigenvalue weighted by atomic mass is 16.5. The third kappa shape index (κ3) is 4.04. The van der Waals surface area contributed by atoms with E-state index in [1.807, 2.05) is 31.2 Å². The van der Waals surface area contributed by atoms with E-state index in [0.29, 0.717) is 0 Å². The minimum Gasteiger partial charge on any atom is -0.497 e. The molecule has 0 bridgehead atoms. The smallest absolute Gasteiger partial charge is 0.248 e. The van der Waals surface area contributed by atoms with Crippen molar-refractivity contribution in [2.75, 3.05) is 27.9 Å². The molecule has 4 heteroatoms. The summed E-state index contributed by atoms with van der Waals surface area (Å²) < 4.78 is 9.96. The SMILES string of the molecule is COCC(=O)N(C)[C@@H](C)Cc1ccc(OC)cc1. The first-order valence-corrected chi connectivity index (χ1v) is 5.96. The Bertz CT molecular complexity index is 375. The molecule has 0 spiro atoms.